The SMILES string of the molecule is CO.CO.COC1=C(OC)C(=O)C(Cc2ccc(OC(C)=O)c(C(=O)Nc3ccccc3[N+](=O)[O-])c2)=C(C)C1=O. The van der Waals surface area contributed by atoms with Gasteiger partial charge in [0.05, 0.1) is 24.7 Å². The summed E-state index contributed by atoms with van der Waals surface area (Å²) in [6.07, 6.45) is -0.0492. The number of esters is 1. The van der Waals surface area contributed by atoms with Crippen molar-refractivity contribution in [2.45, 2.75) is 20.3 Å². The molecular weight excluding hydrogens is 528 g/mol. The number of nitro benzene ring substituents is 1. The number of amides is 1. The largest absolute Gasteiger partial charge is 0.489 e. The fourth-order valence-corrected chi connectivity index (χ4v) is 3.65. The molecule has 2 aromatic carbocycles. The van der Waals surface area contributed by atoms with Crippen LogP contribution in [0.4, 0.5) is 11.4 Å². The summed E-state index contributed by atoms with van der Waals surface area (Å²) in [4.78, 5) is 61.0. The summed E-state index contributed by atoms with van der Waals surface area (Å²) in [5.74, 6) is -3.02. The first-order chi connectivity index (χ1) is 19.1. The Morgan fingerprint density at radius 2 is 1.52 bits per heavy atom. The van der Waals surface area contributed by atoms with Crippen LogP contribution in [0.2, 0.25) is 0 Å². The Bertz CT molecular complexity index is 1360. The van der Waals surface area contributed by atoms with Crippen molar-refractivity contribution in [1.82, 2.24) is 0 Å². The van der Waals surface area contributed by atoms with Crippen molar-refractivity contribution in [1.29, 1.82) is 0 Å². The lowest BCUT2D eigenvalue weighted by Gasteiger charge is -2.20. The van der Waals surface area contributed by atoms with Crippen molar-refractivity contribution in [3.8, 4) is 5.75 Å². The standard InChI is InChI=1S/C25H22N2O9.2CH4O/c1-13-16(22(30)24(35-4)23(34-3)21(13)29)11-15-9-10-20(36-14(2)28)17(12-15)25(31)26-18-7-5-6-8-19(18)27(32)33;2*1-2/h5-10,12H,11H2,1-4H3,(H,26,31);2*2H,1H3. The smallest absolute Gasteiger partial charge is 0.308 e. The lowest BCUT2D eigenvalue weighted by molar-refractivity contribution is -0.383. The van der Waals surface area contributed by atoms with Gasteiger partial charge in [-0.2, -0.15) is 0 Å². The summed E-state index contributed by atoms with van der Waals surface area (Å²) >= 11 is 0. The minimum atomic E-state index is -0.779. The zero-order chi connectivity index (χ0) is 30.6. The van der Waals surface area contributed by atoms with E-state index in [1.54, 1.807) is 0 Å². The van der Waals surface area contributed by atoms with Gasteiger partial charge in [0, 0.05) is 44.8 Å². The Morgan fingerprint density at radius 3 is 2.08 bits per heavy atom. The van der Waals surface area contributed by atoms with E-state index < -0.39 is 28.4 Å². The molecule has 0 radical (unpaired) electrons. The first-order valence-electron chi connectivity index (χ1n) is 11.5. The molecule has 0 aliphatic heterocycles. The number of nitrogens with one attached hydrogen (secondary N) is 1. The molecule has 0 aromatic heterocycles. The first-order valence-corrected chi connectivity index (χ1v) is 11.5. The van der Waals surface area contributed by atoms with Crippen molar-refractivity contribution in [2.75, 3.05) is 33.8 Å². The molecule has 40 heavy (non-hydrogen) atoms. The number of carbonyl (C=O) groups is 4. The lowest BCUT2D eigenvalue weighted by Crippen LogP contribution is -2.26. The van der Waals surface area contributed by atoms with Gasteiger partial charge in [0.2, 0.25) is 23.1 Å². The van der Waals surface area contributed by atoms with Crippen molar-refractivity contribution >= 4 is 34.8 Å². The average Bonchev–Trinajstić information content (AvgIpc) is 2.95. The van der Waals surface area contributed by atoms with Gasteiger partial charge in [-0.15, -0.1) is 0 Å². The number of allylic oxidation sites excluding steroid dienone is 2. The molecule has 214 valence electrons. The van der Waals surface area contributed by atoms with Crippen LogP contribution in [0, 0.1) is 10.1 Å². The zero-order valence-electron chi connectivity index (χ0n) is 22.8. The topological polar surface area (TPSA) is 192 Å². The molecule has 2 aromatic rings. The van der Waals surface area contributed by atoms with E-state index in [1.165, 1.54) is 63.6 Å². The third-order valence-corrected chi connectivity index (χ3v) is 5.37. The molecule has 0 saturated heterocycles. The molecule has 13 nitrogen and oxygen atoms in total. The van der Waals surface area contributed by atoms with Gasteiger partial charge in [0.15, 0.2) is 0 Å². The van der Waals surface area contributed by atoms with Crippen molar-refractivity contribution in [3.05, 3.63) is 86.4 Å². The van der Waals surface area contributed by atoms with E-state index in [0.29, 0.717) is 5.56 Å². The zero-order valence-corrected chi connectivity index (χ0v) is 22.8. The van der Waals surface area contributed by atoms with Crippen LogP contribution in [-0.2, 0) is 30.3 Å². The molecule has 0 spiro atoms. The predicted octanol–water partition coefficient (Wildman–Crippen LogP) is 2.50. The summed E-state index contributed by atoms with van der Waals surface area (Å²) in [6, 6.07) is 9.83. The van der Waals surface area contributed by atoms with Crippen LogP contribution < -0.4 is 10.1 Å². The third-order valence-electron chi connectivity index (χ3n) is 5.37. The van der Waals surface area contributed by atoms with Gasteiger partial charge in [-0.3, -0.25) is 29.3 Å². The molecule has 1 amide bonds. The summed E-state index contributed by atoms with van der Waals surface area (Å²) in [5.41, 5.74) is 0.256. The monoisotopic (exact) mass is 558 g/mol. The van der Waals surface area contributed by atoms with E-state index in [0.717, 1.165) is 21.1 Å². The summed E-state index contributed by atoms with van der Waals surface area (Å²) in [6.45, 7) is 2.64. The number of ether oxygens (including phenoxy) is 3. The Balaban J connectivity index is 0.00000191. The van der Waals surface area contributed by atoms with Crippen LogP contribution in [-0.4, -0.2) is 67.0 Å². The lowest BCUT2D eigenvalue weighted by atomic mass is 9.88. The number of rotatable bonds is 8. The number of carbonyl (C=O) groups excluding carboxylic acids is 4. The average molecular weight is 559 g/mol. The number of methoxy groups -OCH3 is 2. The number of Topliss-reactive ketones (excluding diaryl/α,β-unsaturated/α-hetero) is 2. The van der Waals surface area contributed by atoms with Crippen LogP contribution >= 0.6 is 0 Å². The normalized spacial score (nSPS) is 12.4. The molecular formula is C27H30N2O11. The number of hydrogen-bond acceptors (Lipinski definition) is 11. The first kappa shape index (κ1) is 33.1. The van der Waals surface area contributed by atoms with E-state index in [1.807, 2.05) is 0 Å². The van der Waals surface area contributed by atoms with Gasteiger partial charge in [-0.1, -0.05) is 18.2 Å². The Hall–Kier alpha value is -4.88. The third kappa shape index (κ3) is 7.58. The van der Waals surface area contributed by atoms with Crippen LogP contribution in [0.15, 0.2) is 65.1 Å². The number of benzene rings is 2. The second kappa shape index (κ2) is 15.5. The van der Waals surface area contributed by atoms with Gasteiger partial charge in [0.1, 0.15) is 11.4 Å². The quantitative estimate of drug-likeness (QED) is 0.142. The van der Waals surface area contributed by atoms with Gasteiger partial charge < -0.3 is 29.7 Å². The predicted molar refractivity (Wildman–Crippen MR) is 143 cm³/mol. The van der Waals surface area contributed by atoms with Crippen molar-refractivity contribution in [3.63, 3.8) is 0 Å². The molecule has 0 saturated carbocycles. The molecule has 13 heteroatoms. The van der Waals surface area contributed by atoms with E-state index in [9.17, 15) is 29.3 Å². The van der Waals surface area contributed by atoms with Gasteiger partial charge in [-0.05, 0) is 30.7 Å². The maximum Gasteiger partial charge on any atom is 0.308 e. The molecule has 0 bridgehead atoms. The number of anilines is 1. The van der Waals surface area contributed by atoms with Crippen LogP contribution in [0.25, 0.3) is 0 Å². The van der Waals surface area contributed by atoms with Gasteiger partial charge >= 0.3 is 5.97 Å². The van der Waals surface area contributed by atoms with E-state index in [4.69, 9.17) is 24.4 Å². The molecule has 0 unspecified atom stereocenters. The van der Waals surface area contributed by atoms with Crippen LogP contribution in [0.5, 0.6) is 5.75 Å². The number of nitrogens with zero attached hydrogens (tertiary/aromatic N) is 1. The fourth-order valence-electron chi connectivity index (χ4n) is 3.65. The molecule has 3 N–H and O–H groups in total. The molecule has 0 atom stereocenters. The molecule has 1 aliphatic rings. The van der Waals surface area contributed by atoms with E-state index in [2.05, 4.69) is 5.32 Å². The number of aliphatic hydroxyl groups is 2. The maximum absolute atomic E-state index is 13.1. The van der Waals surface area contributed by atoms with Crippen molar-refractivity contribution in [2.24, 2.45) is 0 Å². The van der Waals surface area contributed by atoms with E-state index >= 15 is 0 Å². The van der Waals surface area contributed by atoms with Crippen LogP contribution in [0.3, 0.4) is 0 Å². The molecule has 0 heterocycles. The maximum atomic E-state index is 13.1. The highest BCUT2D eigenvalue weighted by Gasteiger charge is 2.34. The highest BCUT2D eigenvalue weighted by atomic mass is 16.6. The van der Waals surface area contributed by atoms with Crippen molar-refractivity contribution < 1.29 is 48.5 Å². The Kier molecular flexibility index (Phi) is 12.9. The summed E-state index contributed by atoms with van der Waals surface area (Å²) in [5, 5.41) is 27.8. The Morgan fingerprint density at radius 1 is 0.950 bits per heavy atom. The molecule has 0 fully saturated rings. The number of hydrogen-bond donors (Lipinski definition) is 3. The molecule has 1 aliphatic carbocycles. The number of nitro groups is 1. The van der Waals surface area contributed by atoms with Crippen LogP contribution in [0.1, 0.15) is 29.8 Å². The molecule has 3 rings (SSSR count). The van der Waals surface area contributed by atoms with Gasteiger partial charge in [0.25, 0.3) is 11.6 Å². The summed E-state index contributed by atoms with van der Waals surface area (Å²) < 4.78 is 15.3. The second-order valence-electron chi connectivity index (χ2n) is 7.66. The fraction of sp³-hybridized carbons (Fsp3) is 0.259. The highest BCUT2D eigenvalue weighted by molar-refractivity contribution is 6.23. The second-order valence-corrected chi connectivity index (χ2v) is 7.66. The minimum Gasteiger partial charge on any atom is -0.489 e. The van der Waals surface area contributed by atoms with E-state index in [-0.39, 0.29) is 51.8 Å². The number of ketones is 2. The highest BCUT2D eigenvalue weighted by Crippen LogP contribution is 2.30. The van der Waals surface area contributed by atoms with Gasteiger partial charge in [-0.25, -0.2) is 0 Å². The Labute approximate surface area is 229 Å². The minimum absolute atomic E-state index is 0.0492. The summed E-state index contributed by atoms with van der Waals surface area (Å²) in [7, 11) is 4.50. The number of para-hydroxylation sites is 2. The number of aliphatic hydroxyl groups excluding tert-OH is 2.